The van der Waals surface area contributed by atoms with E-state index in [2.05, 4.69) is 20.9 Å². The van der Waals surface area contributed by atoms with Crippen molar-refractivity contribution in [1.29, 1.82) is 5.41 Å². The Labute approximate surface area is 122 Å². The fourth-order valence-corrected chi connectivity index (χ4v) is 2.72. The fraction of sp³-hybridized carbons (Fsp3) is 0. The molecule has 92 valence electrons. The van der Waals surface area contributed by atoms with Gasteiger partial charge in [-0.3, -0.25) is 5.41 Å². The molecule has 2 rings (SSSR count). The second-order valence-corrected chi connectivity index (χ2v) is 5.80. The van der Waals surface area contributed by atoms with Crippen molar-refractivity contribution in [2.75, 3.05) is 0 Å². The van der Waals surface area contributed by atoms with Crippen LogP contribution in [0.5, 0.6) is 0 Å². The third-order valence-corrected chi connectivity index (χ3v) is 4.21. The average molecular weight is 343 g/mol. The monoisotopic (exact) mass is 341 g/mol. The van der Waals surface area contributed by atoms with Gasteiger partial charge in [0.1, 0.15) is 10.9 Å². The summed E-state index contributed by atoms with van der Waals surface area (Å²) in [5.74, 6) is -0.0555. The van der Waals surface area contributed by atoms with E-state index in [9.17, 15) is 0 Å². The Morgan fingerprint density at radius 3 is 2.56 bits per heavy atom. The van der Waals surface area contributed by atoms with Gasteiger partial charge in [-0.15, -0.1) is 0 Å². The van der Waals surface area contributed by atoms with Crippen LogP contribution in [-0.2, 0) is 0 Å². The molecule has 1 heterocycles. The van der Waals surface area contributed by atoms with Crippen molar-refractivity contribution in [2.24, 2.45) is 5.73 Å². The predicted octanol–water partition coefficient (Wildman–Crippen LogP) is 3.93. The SMILES string of the molecule is N=C(N)c1ccnc(Sc2ccc(Br)cc2)c1Cl. The van der Waals surface area contributed by atoms with E-state index in [4.69, 9.17) is 22.7 Å². The zero-order valence-corrected chi connectivity index (χ0v) is 12.3. The molecule has 2 aromatic rings. The number of amidine groups is 1. The lowest BCUT2D eigenvalue weighted by atomic mass is 10.2. The molecule has 18 heavy (non-hydrogen) atoms. The number of halogens is 2. The van der Waals surface area contributed by atoms with Crippen molar-refractivity contribution in [3.05, 3.63) is 51.6 Å². The molecule has 0 fully saturated rings. The number of hydrogen-bond donors (Lipinski definition) is 2. The zero-order chi connectivity index (χ0) is 13.1. The van der Waals surface area contributed by atoms with Crippen molar-refractivity contribution >= 4 is 45.1 Å². The molecule has 6 heteroatoms. The Morgan fingerprint density at radius 1 is 1.28 bits per heavy atom. The molecule has 1 aromatic heterocycles. The van der Waals surface area contributed by atoms with Crippen LogP contribution in [0.15, 0.2) is 50.9 Å². The normalized spacial score (nSPS) is 10.3. The van der Waals surface area contributed by atoms with Crippen molar-refractivity contribution in [3.63, 3.8) is 0 Å². The number of pyridine rings is 1. The fourth-order valence-electron chi connectivity index (χ4n) is 1.32. The Balaban J connectivity index is 2.32. The third-order valence-electron chi connectivity index (χ3n) is 2.18. The maximum absolute atomic E-state index is 7.43. The van der Waals surface area contributed by atoms with E-state index < -0.39 is 0 Å². The van der Waals surface area contributed by atoms with Crippen molar-refractivity contribution in [1.82, 2.24) is 4.98 Å². The summed E-state index contributed by atoms with van der Waals surface area (Å²) in [6.45, 7) is 0. The van der Waals surface area contributed by atoms with Crippen LogP contribution in [0.2, 0.25) is 5.02 Å². The second kappa shape index (κ2) is 5.73. The van der Waals surface area contributed by atoms with Gasteiger partial charge < -0.3 is 5.73 Å². The maximum Gasteiger partial charge on any atom is 0.124 e. The van der Waals surface area contributed by atoms with E-state index in [1.54, 1.807) is 12.3 Å². The highest BCUT2D eigenvalue weighted by atomic mass is 79.9. The van der Waals surface area contributed by atoms with Crippen LogP contribution >= 0.6 is 39.3 Å². The average Bonchev–Trinajstić information content (AvgIpc) is 2.34. The molecule has 0 amide bonds. The first kappa shape index (κ1) is 13.4. The van der Waals surface area contributed by atoms with Gasteiger partial charge >= 0.3 is 0 Å². The molecule has 0 aliphatic heterocycles. The lowest BCUT2D eigenvalue weighted by Gasteiger charge is -2.07. The quantitative estimate of drug-likeness (QED) is 0.656. The Hall–Kier alpha value is -1.04. The highest BCUT2D eigenvalue weighted by molar-refractivity contribution is 9.10. The number of nitrogens with zero attached hydrogens (tertiary/aromatic N) is 1. The summed E-state index contributed by atoms with van der Waals surface area (Å²) in [6.07, 6.45) is 1.60. The molecule has 0 radical (unpaired) electrons. The van der Waals surface area contributed by atoms with E-state index in [0.29, 0.717) is 15.6 Å². The van der Waals surface area contributed by atoms with Crippen molar-refractivity contribution in [2.45, 2.75) is 9.92 Å². The summed E-state index contributed by atoms with van der Waals surface area (Å²) in [5.41, 5.74) is 5.96. The summed E-state index contributed by atoms with van der Waals surface area (Å²) in [7, 11) is 0. The molecule has 0 saturated carbocycles. The largest absolute Gasteiger partial charge is 0.384 e. The molecule has 3 N–H and O–H groups in total. The molecule has 0 spiro atoms. The summed E-state index contributed by atoms with van der Waals surface area (Å²) in [4.78, 5) is 5.23. The van der Waals surface area contributed by atoms with Gasteiger partial charge in [0.2, 0.25) is 0 Å². The first-order chi connectivity index (χ1) is 8.58. The highest BCUT2D eigenvalue weighted by Gasteiger charge is 2.10. The van der Waals surface area contributed by atoms with Gasteiger partial charge in [-0.2, -0.15) is 0 Å². The molecular weight excluding hydrogens is 334 g/mol. The van der Waals surface area contributed by atoms with E-state index >= 15 is 0 Å². The van der Waals surface area contributed by atoms with E-state index in [1.165, 1.54) is 11.8 Å². The standard InChI is InChI=1S/C12H9BrClN3S/c13-7-1-3-8(4-2-7)18-12-10(14)9(11(15)16)5-6-17-12/h1-6H,(H3,15,16). The number of nitrogens with one attached hydrogen (secondary N) is 1. The molecule has 0 aliphatic carbocycles. The predicted molar refractivity (Wildman–Crippen MR) is 78.5 cm³/mol. The zero-order valence-electron chi connectivity index (χ0n) is 9.15. The van der Waals surface area contributed by atoms with Gasteiger partial charge in [-0.05, 0) is 30.3 Å². The number of nitrogens with two attached hydrogens (primary N) is 1. The molecule has 0 bridgehead atoms. The third kappa shape index (κ3) is 3.04. The molecular formula is C12H9BrClN3S. The van der Waals surface area contributed by atoms with Crippen molar-refractivity contribution in [3.8, 4) is 0 Å². The van der Waals surface area contributed by atoms with Gasteiger partial charge in [-0.1, -0.05) is 39.3 Å². The number of benzene rings is 1. The van der Waals surface area contributed by atoms with Crippen LogP contribution in [0.4, 0.5) is 0 Å². The summed E-state index contributed by atoms with van der Waals surface area (Å²) < 4.78 is 1.02. The summed E-state index contributed by atoms with van der Waals surface area (Å²) in [5, 5.41) is 8.49. The van der Waals surface area contributed by atoms with E-state index in [0.717, 1.165) is 9.37 Å². The maximum atomic E-state index is 7.43. The summed E-state index contributed by atoms with van der Waals surface area (Å²) >= 11 is 11.0. The topological polar surface area (TPSA) is 62.8 Å². The lowest BCUT2D eigenvalue weighted by molar-refractivity contribution is 1.12. The van der Waals surface area contributed by atoms with Gasteiger partial charge in [0, 0.05) is 21.1 Å². The minimum Gasteiger partial charge on any atom is -0.384 e. The molecule has 0 aliphatic rings. The number of hydrogen-bond acceptors (Lipinski definition) is 3. The molecule has 3 nitrogen and oxygen atoms in total. The Kier molecular flexibility index (Phi) is 4.27. The first-order valence-electron chi connectivity index (χ1n) is 5.00. The number of rotatable bonds is 3. The molecule has 0 unspecified atom stereocenters. The highest BCUT2D eigenvalue weighted by Crippen LogP contribution is 2.33. The first-order valence-corrected chi connectivity index (χ1v) is 6.99. The number of nitrogen functional groups attached to an aromatic ring is 1. The minimum atomic E-state index is -0.0555. The van der Waals surface area contributed by atoms with Crippen LogP contribution in [0.25, 0.3) is 0 Å². The van der Waals surface area contributed by atoms with Crippen LogP contribution in [0.3, 0.4) is 0 Å². The lowest BCUT2D eigenvalue weighted by Crippen LogP contribution is -2.12. The summed E-state index contributed by atoms with van der Waals surface area (Å²) in [6, 6.07) is 9.47. The van der Waals surface area contributed by atoms with Crippen LogP contribution in [-0.4, -0.2) is 10.8 Å². The molecule has 0 saturated heterocycles. The molecule has 0 atom stereocenters. The Bertz CT molecular complexity index is 586. The van der Waals surface area contributed by atoms with Crippen molar-refractivity contribution < 1.29 is 0 Å². The Morgan fingerprint density at radius 2 is 1.94 bits per heavy atom. The van der Waals surface area contributed by atoms with Crippen LogP contribution < -0.4 is 5.73 Å². The smallest absolute Gasteiger partial charge is 0.124 e. The minimum absolute atomic E-state index is 0.0555. The second-order valence-electron chi connectivity index (χ2n) is 3.45. The van der Waals surface area contributed by atoms with E-state index in [1.807, 2.05) is 24.3 Å². The molecule has 1 aromatic carbocycles. The number of aromatic nitrogens is 1. The van der Waals surface area contributed by atoms with E-state index in [-0.39, 0.29) is 5.84 Å². The van der Waals surface area contributed by atoms with Gasteiger partial charge in [-0.25, -0.2) is 4.98 Å². The van der Waals surface area contributed by atoms with Gasteiger partial charge in [0.25, 0.3) is 0 Å². The van der Waals surface area contributed by atoms with Crippen LogP contribution in [0.1, 0.15) is 5.56 Å². The van der Waals surface area contributed by atoms with Gasteiger partial charge in [0.15, 0.2) is 0 Å². The van der Waals surface area contributed by atoms with Gasteiger partial charge in [0.05, 0.1) is 5.02 Å². The van der Waals surface area contributed by atoms with Crippen LogP contribution in [0, 0.1) is 5.41 Å².